The molecule has 7 heteroatoms. The van der Waals surface area contributed by atoms with Gasteiger partial charge in [-0.05, 0) is 25.3 Å². The molecular weight excluding hydrogens is 336 g/mol. The van der Waals surface area contributed by atoms with Crippen LogP contribution in [-0.2, 0) is 17.7 Å². The summed E-state index contributed by atoms with van der Waals surface area (Å²) in [5, 5.41) is 19.1. The molecule has 0 amide bonds. The van der Waals surface area contributed by atoms with Gasteiger partial charge in [-0.15, -0.1) is 0 Å². The number of ether oxygens (including phenoxy) is 1. The van der Waals surface area contributed by atoms with Crippen LogP contribution in [-0.4, -0.2) is 38.2 Å². The van der Waals surface area contributed by atoms with Crippen LogP contribution in [0.4, 0.5) is 0 Å². The molecule has 2 heterocycles. The minimum Gasteiger partial charge on any atom is -0.394 e. The van der Waals surface area contributed by atoms with Gasteiger partial charge < -0.3 is 14.9 Å². The summed E-state index contributed by atoms with van der Waals surface area (Å²) < 4.78 is 8.13. The van der Waals surface area contributed by atoms with Gasteiger partial charge in [0, 0.05) is 24.7 Å². The lowest BCUT2D eigenvalue weighted by atomic mass is 10.1. The molecule has 0 bridgehead atoms. The Hall–Kier alpha value is -2.22. The fourth-order valence-electron chi connectivity index (χ4n) is 3.30. The van der Waals surface area contributed by atoms with Crippen LogP contribution in [0, 0.1) is 6.92 Å². The molecule has 1 fully saturated rings. The second kappa shape index (κ2) is 7.99. The first kappa shape index (κ1) is 18.6. The van der Waals surface area contributed by atoms with Crippen molar-refractivity contribution >= 4 is 0 Å². The number of aliphatic hydroxyl groups is 2. The van der Waals surface area contributed by atoms with Gasteiger partial charge in [-0.3, -0.25) is 13.9 Å². The number of aliphatic hydroxyl groups excluding tert-OH is 2. The molecule has 140 valence electrons. The summed E-state index contributed by atoms with van der Waals surface area (Å²) in [5.41, 5.74) is 0.831. The fourth-order valence-corrected chi connectivity index (χ4v) is 3.30. The first-order chi connectivity index (χ1) is 12.5. The number of benzene rings is 1. The Morgan fingerprint density at radius 2 is 1.96 bits per heavy atom. The van der Waals surface area contributed by atoms with Crippen molar-refractivity contribution in [3.63, 3.8) is 0 Å². The Bertz CT molecular complexity index is 858. The first-order valence-electron chi connectivity index (χ1n) is 8.82. The maximum absolute atomic E-state index is 12.8. The molecule has 2 aromatic rings. The average molecular weight is 360 g/mol. The lowest BCUT2D eigenvalue weighted by molar-refractivity contribution is -0.0464. The molecule has 2 N–H and O–H groups in total. The monoisotopic (exact) mass is 360 g/mol. The number of nitrogens with zero attached hydrogens (tertiary/aromatic N) is 2. The van der Waals surface area contributed by atoms with Crippen LogP contribution >= 0.6 is 0 Å². The normalized spacial score (nSPS) is 22.7. The molecule has 7 nitrogen and oxygen atoms in total. The third-order valence-electron chi connectivity index (χ3n) is 4.75. The molecule has 3 atom stereocenters. The van der Waals surface area contributed by atoms with Gasteiger partial charge in [-0.2, -0.15) is 0 Å². The predicted octanol–water partition coefficient (Wildman–Crippen LogP) is 0.592. The molecule has 0 aliphatic carbocycles. The van der Waals surface area contributed by atoms with E-state index < -0.39 is 24.1 Å². The minimum atomic E-state index is -0.837. The van der Waals surface area contributed by atoms with Gasteiger partial charge in [0.05, 0.1) is 12.7 Å². The Labute approximate surface area is 151 Å². The van der Waals surface area contributed by atoms with Gasteiger partial charge in [0.15, 0.2) is 0 Å². The van der Waals surface area contributed by atoms with E-state index in [-0.39, 0.29) is 18.6 Å². The SMILES string of the molecule is Cc1cn([C@H]2C[C@@H](O)[C@H](CO)O2)c(=O)n(CCCc2ccccc2)c1=O. The maximum atomic E-state index is 12.8. The third kappa shape index (κ3) is 3.80. The lowest BCUT2D eigenvalue weighted by Crippen LogP contribution is -2.42. The quantitative estimate of drug-likeness (QED) is 0.786. The molecule has 1 aromatic heterocycles. The Balaban J connectivity index is 1.81. The highest BCUT2D eigenvalue weighted by molar-refractivity contribution is 5.14. The summed E-state index contributed by atoms with van der Waals surface area (Å²) >= 11 is 0. The van der Waals surface area contributed by atoms with E-state index in [0.29, 0.717) is 18.5 Å². The van der Waals surface area contributed by atoms with Crippen LogP contribution in [0.25, 0.3) is 0 Å². The van der Waals surface area contributed by atoms with Crippen molar-refractivity contribution in [2.24, 2.45) is 0 Å². The summed E-state index contributed by atoms with van der Waals surface area (Å²) in [6.45, 7) is 1.65. The van der Waals surface area contributed by atoms with Crippen LogP contribution in [0.5, 0.6) is 0 Å². The zero-order valence-corrected chi connectivity index (χ0v) is 14.7. The molecule has 1 aromatic carbocycles. The molecule has 26 heavy (non-hydrogen) atoms. The van der Waals surface area contributed by atoms with E-state index in [0.717, 1.165) is 12.0 Å². The van der Waals surface area contributed by atoms with Crippen molar-refractivity contribution in [1.29, 1.82) is 0 Å². The van der Waals surface area contributed by atoms with E-state index in [4.69, 9.17) is 4.74 Å². The largest absolute Gasteiger partial charge is 0.394 e. The van der Waals surface area contributed by atoms with Gasteiger partial charge in [0.1, 0.15) is 12.3 Å². The van der Waals surface area contributed by atoms with Gasteiger partial charge in [-0.25, -0.2) is 4.79 Å². The maximum Gasteiger partial charge on any atom is 0.333 e. The highest BCUT2D eigenvalue weighted by atomic mass is 16.5. The van der Waals surface area contributed by atoms with Crippen molar-refractivity contribution in [2.45, 2.75) is 51.2 Å². The Morgan fingerprint density at radius 3 is 2.62 bits per heavy atom. The number of aryl methyl sites for hydroxylation is 2. The molecule has 1 aliphatic rings. The van der Waals surface area contributed by atoms with E-state index in [9.17, 15) is 19.8 Å². The van der Waals surface area contributed by atoms with Crippen molar-refractivity contribution in [1.82, 2.24) is 9.13 Å². The second-order valence-corrected chi connectivity index (χ2v) is 6.66. The van der Waals surface area contributed by atoms with Gasteiger partial charge in [0.2, 0.25) is 0 Å². The van der Waals surface area contributed by atoms with Crippen molar-refractivity contribution in [3.8, 4) is 0 Å². The molecule has 1 saturated heterocycles. The van der Waals surface area contributed by atoms with Crippen molar-refractivity contribution in [2.75, 3.05) is 6.61 Å². The summed E-state index contributed by atoms with van der Waals surface area (Å²) in [5.74, 6) is 0. The minimum absolute atomic E-state index is 0.201. The third-order valence-corrected chi connectivity index (χ3v) is 4.75. The van der Waals surface area contributed by atoms with E-state index in [1.54, 1.807) is 6.92 Å². The molecule has 0 unspecified atom stereocenters. The van der Waals surface area contributed by atoms with Gasteiger partial charge >= 0.3 is 5.69 Å². The van der Waals surface area contributed by atoms with Gasteiger partial charge in [0.25, 0.3) is 5.56 Å². The first-order valence-corrected chi connectivity index (χ1v) is 8.82. The van der Waals surface area contributed by atoms with E-state index in [2.05, 4.69) is 0 Å². The van der Waals surface area contributed by atoms with Crippen molar-refractivity contribution in [3.05, 3.63) is 68.5 Å². The van der Waals surface area contributed by atoms with Crippen LogP contribution in [0.2, 0.25) is 0 Å². The summed E-state index contributed by atoms with van der Waals surface area (Å²) in [6, 6.07) is 9.89. The number of hydrogen-bond donors (Lipinski definition) is 2. The number of rotatable bonds is 6. The van der Waals surface area contributed by atoms with Crippen LogP contribution in [0.3, 0.4) is 0 Å². The molecule has 0 saturated carbocycles. The Morgan fingerprint density at radius 1 is 1.23 bits per heavy atom. The van der Waals surface area contributed by atoms with E-state index in [1.165, 1.54) is 15.3 Å². The summed E-state index contributed by atoms with van der Waals surface area (Å²) in [4.78, 5) is 25.2. The summed E-state index contributed by atoms with van der Waals surface area (Å²) in [7, 11) is 0. The molecule has 3 rings (SSSR count). The summed E-state index contributed by atoms with van der Waals surface area (Å²) in [6.07, 6.45) is 0.861. The molecule has 0 spiro atoms. The molecule has 0 radical (unpaired) electrons. The van der Waals surface area contributed by atoms with Crippen LogP contribution in [0.15, 0.2) is 46.1 Å². The fraction of sp³-hybridized carbons (Fsp3) is 0.474. The zero-order valence-electron chi connectivity index (χ0n) is 14.7. The van der Waals surface area contributed by atoms with Crippen LogP contribution in [0.1, 0.15) is 30.2 Å². The smallest absolute Gasteiger partial charge is 0.333 e. The Kier molecular flexibility index (Phi) is 5.70. The van der Waals surface area contributed by atoms with Gasteiger partial charge in [-0.1, -0.05) is 30.3 Å². The average Bonchev–Trinajstić information content (AvgIpc) is 3.02. The van der Waals surface area contributed by atoms with Crippen LogP contribution < -0.4 is 11.2 Å². The number of hydrogen-bond acceptors (Lipinski definition) is 5. The standard InChI is InChI=1S/C19H24N2O5/c1-13-11-21(17-10-15(23)16(12-22)26-17)19(25)20(18(13)24)9-5-8-14-6-3-2-4-7-14/h2-4,6-7,11,15-17,22-23H,5,8-10,12H2,1H3/t15-,16+,17-/m1/s1. The van der Waals surface area contributed by atoms with Crippen molar-refractivity contribution < 1.29 is 14.9 Å². The highest BCUT2D eigenvalue weighted by Crippen LogP contribution is 2.27. The highest BCUT2D eigenvalue weighted by Gasteiger charge is 2.35. The number of aromatic nitrogens is 2. The zero-order chi connectivity index (χ0) is 18.7. The predicted molar refractivity (Wildman–Crippen MR) is 96.1 cm³/mol. The van der Waals surface area contributed by atoms with E-state index in [1.807, 2.05) is 30.3 Å². The molecular formula is C19H24N2O5. The topological polar surface area (TPSA) is 93.7 Å². The van der Waals surface area contributed by atoms with E-state index >= 15 is 0 Å². The second-order valence-electron chi connectivity index (χ2n) is 6.66. The lowest BCUT2D eigenvalue weighted by Gasteiger charge is -2.17. The molecule has 1 aliphatic heterocycles.